The number of benzene rings is 1. The predicted molar refractivity (Wildman–Crippen MR) is 74.9 cm³/mol. The summed E-state index contributed by atoms with van der Waals surface area (Å²) in [6, 6.07) is 5.51. The van der Waals surface area contributed by atoms with E-state index in [0.29, 0.717) is 5.02 Å². The molecule has 2 rings (SSSR count). The van der Waals surface area contributed by atoms with E-state index in [0.717, 1.165) is 44.0 Å². The first kappa shape index (κ1) is 13.0. The Hall–Kier alpha value is -1.42. The van der Waals surface area contributed by atoms with Gasteiger partial charge in [-0.2, -0.15) is 0 Å². The maximum absolute atomic E-state index is 11.4. The molecule has 1 amide bonds. The Morgan fingerprint density at radius 1 is 1.28 bits per heavy atom. The molecule has 1 heterocycles. The molecule has 1 aromatic rings. The average molecular weight is 268 g/mol. The molecule has 0 radical (unpaired) electrons. The van der Waals surface area contributed by atoms with Gasteiger partial charge in [0.15, 0.2) is 0 Å². The first-order valence-corrected chi connectivity index (χ1v) is 6.51. The summed E-state index contributed by atoms with van der Waals surface area (Å²) in [7, 11) is 0. The second kappa shape index (κ2) is 5.48. The third-order valence-electron chi connectivity index (χ3n) is 3.27. The molecule has 0 unspecified atom stereocenters. The molecule has 1 fully saturated rings. The molecule has 5 heteroatoms. The highest BCUT2D eigenvalue weighted by Crippen LogP contribution is 2.27. The van der Waals surface area contributed by atoms with Crippen LogP contribution in [0, 0.1) is 0 Å². The molecule has 0 atom stereocenters. The summed E-state index contributed by atoms with van der Waals surface area (Å²) < 4.78 is 0. The van der Waals surface area contributed by atoms with Crippen LogP contribution in [0.5, 0.6) is 0 Å². The molecule has 98 valence electrons. The molecule has 0 saturated carbocycles. The van der Waals surface area contributed by atoms with Crippen molar-refractivity contribution in [1.29, 1.82) is 0 Å². The summed E-state index contributed by atoms with van der Waals surface area (Å²) in [6.07, 6.45) is 0.950. The second-order valence-corrected chi connectivity index (χ2v) is 4.99. The normalized spacial score (nSPS) is 16.6. The van der Waals surface area contributed by atoms with E-state index in [9.17, 15) is 4.79 Å². The lowest BCUT2D eigenvalue weighted by atomic mass is 10.2. The van der Waals surface area contributed by atoms with Gasteiger partial charge in [0.25, 0.3) is 0 Å². The molecule has 2 N–H and O–H groups in total. The molecule has 1 saturated heterocycles. The first-order valence-electron chi connectivity index (χ1n) is 6.13. The summed E-state index contributed by atoms with van der Waals surface area (Å²) in [5.74, 6) is 0.135. The van der Waals surface area contributed by atoms with Crippen molar-refractivity contribution in [3.8, 4) is 0 Å². The smallest absolute Gasteiger partial charge is 0.219 e. The number of rotatable bonds is 1. The van der Waals surface area contributed by atoms with Gasteiger partial charge in [-0.05, 0) is 24.6 Å². The van der Waals surface area contributed by atoms with Gasteiger partial charge < -0.3 is 15.5 Å². The molecule has 18 heavy (non-hydrogen) atoms. The van der Waals surface area contributed by atoms with E-state index >= 15 is 0 Å². The van der Waals surface area contributed by atoms with Crippen molar-refractivity contribution in [3.05, 3.63) is 23.2 Å². The van der Waals surface area contributed by atoms with Crippen molar-refractivity contribution < 1.29 is 4.79 Å². The number of hydrogen-bond acceptors (Lipinski definition) is 3. The number of halogens is 1. The number of carbonyl (C=O) groups excluding carboxylic acids is 1. The molecule has 1 aliphatic rings. The monoisotopic (exact) mass is 267 g/mol. The Balaban J connectivity index is 2.14. The predicted octanol–water partition coefficient (Wildman–Crippen LogP) is 1.98. The van der Waals surface area contributed by atoms with Crippen LogP contribution in [0.4, 0.5) is 11.4 Å². The van der Waals surface area contributed by atoms with Gasteiger partial charge in [-0.25, -0.2) is 0 Å². The Bertz CT molecular complexity index is 450. The van der Waals surface area contributed by atoms with Crippen LogP contribution in [-0.2, 0) is 4.79 Å². The van der Waals surface area contributed by atoms with Crippen LogP contribution in [-0.4, -0.2) is 37.0 Å². The Morgan fingerprint density at radius 2 is 2.06 bits per heavy atom. The summed E-state index contributed by atoms with van der Waals surface area (Å²) in [5, 5.41) is 0.687. The molecule has 0 bridgehead atoms. The lowest BCUT2D eigenvalue weighted by Gasteiger charge is -2.24. The summed E-state index contributed by atoms with van der Waals surface area (Å²) in [5.41, 5.74) is 7.68. The van der Waals surface area contributed by atoms with E-state index in [4.69, 9.17) is 17.3 Å². The van der Waals surface area contributed by atoms with Crippen molar-refractivity contribution in [2.75, 3.05) is 36.8 Å². The zero-order chi connectivity index (χ0) is 13.1. The molecular weight excluding hydrogens is 250 g/mol. The van der Waals surface area contributed by atoms with Gasteiger partial charge in [0.2, 0.25) is 5.91 Å². The topological polar surface area (TPSA) is 49.6 Å². The number of anilines is 2. The third-order valence-corrected chi connectivity index (χ3v) is 3.51. The van der Waals surface area contributed by atoms with Gasteiger partial charge in [0.05, 0.1) is 11.4 Å². The van der Waals surface area contributed by atoms with Gasteiger partial charge in [-0.1, -0.05) is 11.6 Å². The SMILES string of the molecule is CC(=O)N1CCCN(c2cc(Cl)ccc2N)CC1. The average Bonchev–Trinajstić information content (AvgIpc) is 2.58. The van der Waals surface area contributed by atoms with E-state index in [-0.39, 0.29) is 5.91 Å². The number of amides is 1. The zero-order valence-electron chi connectivity index (χ0n) is 10.5. The lowest BCUT2D eigenvalue weighted by molar-refractivity contribution is -0.128. The van der Waals surface area contributed by atoms with Crippen LogP contribution in [0.1, 0.15) is 13.3 Å². The maximum atomic E-state index is 11.4. The minimum atomic E-state index is 0.135. The van der Waals surface area contributed by atoms with Crippen molar-refractivity contribution in [3.63, 3.8) is 0 Å². The molecule has 1 aliphatic heterocycles. The van der Waals surface area contributed by atoms with Crippen LogP contribution >= 0.6 is 11.6 Å². The van der Waals surface area contributed by atoms with Crippen LogP contribution in [0.3, 0.4) is 0 Å². The summed E-state index contributed by atoms with van der Waals surface area (Å²) in [6.45, 7) is 4.86. The number of hydrogen-bond donors (Lipinski definition) is 1. The second-order valence-electron chi connectivity index (χ2n) is 4.55. The molecule has 0 aliphatic carbocycles. The van der Waals surface area contributed by atoms with Crippen LogP contribution in [0.15, 0.2) is 18.2 Å². The van der Waals surface area contributed by atoms with Gasteiger partial charge in [0, 0.05) is 38.1 Å². The minimum absolute atomic E-state index is 0.135. The van der Waals surface area contributed by atoms with Crippen molar-refractivity contribution >= 4 is 28.9 Å². The minimum Gasteiger partial charge on any atom is -0.397 e. The van der Waals surface area contributed by atoms with Crippen LogP contribution in [0.25, 0.3) is 0 Å². The standard InChI is InChI=1S/C13H18ClN3O/c1-10(18)16-5-2-6-17(8-7-16)13-9-11(14)3-4-12(13)15/h3-4,9H,2,5-8,15H2,1H3. The lowest BCUT2D eigenvalue weighted by Crippen LogP contribution is -2.33. The maximum Gasteiger partial charge on any atom is 0.219 e. The number of nitrogens with two attached hydrogens (primary N) is 1. The van der Waals surface area contributed by atoms with Crippen LogP contribution < -0.4 is 10.6 Å². The number of nitrogens with zero attached hydrogens (tertiary/aromatic N) is 2. The highest BCUT2D eigenvalue weighted by molar-refractivity contribution is 6.31. The molecule has 1 aromatic carbocycles. The van der Waals surface area contributed by atoms with E-state index in [2.05, 4.69) is 4.90 Å². The number of carbonyl (C=O) groups is 1. The quantitative estimate of drug-likeness (QED) is 0.792. The fraction of sp³-hybridized carbons (Fsp3) is 0.462. The van der Waals surface area contributed by atoms with E-state index in [1.165, 1.54) is 0 Å². The van der Waals surface area contributed by atoms with Crippen LogP contribution in [0.2, 0.25) is 5.02 Å². The van der Waals surface area contributed by atoms with E-state index < -0.39 is 0 Å². The molecule has 0 aromatic heterocycles. The zero-order valence-corrected chi connectivity index (χ0v) is 11.3. The van der Waals surface area contributed by atoms with Crippen molar-refractivity contribution in [2.24, 2.45) is 0 Å². The van der Waals surface area contributed by atoms with Gasteiger partial charge >= 0.3 is 0 Å². The Kier molecular flexibility index (Phi) is 3.97. The summed E-state index contributed by atoms with van der Waals surface area (Å²) in [4.78, 5) is 15.5. The highest BCUT2D eigenvalue weighted by Gasteiger charge is 2.18. The van der Waals surface area contributed by atoms with Crippen molar-refractivity contribution in [1.82, 2.24) is 4.90 Å². The first-order chi connectivity index (χ1) is 8.58. The molecule has 0 spiro atoms. The van der Waals surface area contributed by atoms with Crippen molar-refractivity contribution in [2.45, 2.75) is 13.3 Å². The van der Waals surface area contributed by atoms with E-state index in [1.54, 1.807) is 13.0 Å². The Labute approximate surface area is 112 Å². The highest BCUT2D eigenvalue weighted by atomic mass is 35.5. The number of nitrogen functional groups attached to an aromatic ring is 1. The third kappa shape index (κ3) is 2.88. The Morgan fingerprint density at radius 3 is 2.78 bits per heavy atom. The molecule has 4 nitrogen and oxygen atoms in total. The molecular formula is C13H18ClN3O. The fourth-order valence-corrected chi connectivity index (χ4v) is 2.43. The van der Waals surface area contributed by atoms with Gasteiger partial charge in [-0.15, -0.1) is 0 Å². The fourth-order valence-electron chi connectivity index (χ4n) is 2.26. The summed E-state index contributed by atoms with van der Waals surface area (Å²) >= 11 is 6.01. The largest absolute Gasteiger partial charge is 0.397 e. The van der Waals surface area contributed by atoms with E-state index in [1.807, 2.05) is 17.0 Å². The van der Waals surface area contributed by atoms with Gasteiger partial charge in [-0.3, -0.25) is 4.79 Å². The van der Waals surface area contributed by atoms with Gasteiger partial charge in [0.1, 0.15) is 0 Å².